The normalized spacial score (nSPS) is 19.2. The zero-order valence-electron chi connectivity index (χ0n) is 19.9. The number of esters is 1. The van der Waals surface area contributed by atoms with Crippen molar-refractivity contribution in [2.24, 2.45) is 4.99 Å². The number of rotatable bonds is 7. The molecule has 0 radical (unpaired) electrons. The summed E-state index contributed by atoms with van der Waals surface area (Å²) in [7, 11) is 0. The van der Waals surface area contributed by atoms with Gasteiger partial charge in [-0.15, -0.1) is 0 Å². The Balaban J connectivity index is 1.63. The highest BCUT2D eigenvalue weighted by Crippen LogP contribution is 2.47. The molecule has 10 heteroatoms. The lowest BCUT2D eigenvalue weighted by atomic mass is 9.91. The first kappa shape index (κ1) is 25.1. The number of carbonyl (C=O) groups is 2. The Morgan fingerprint density at radius 3 is 2.43 bits per heavy atom. The lowest BCUT2D eigenvalue weighted by Gasteiger charge is -2.37. The molecular weight excluding hydrogens is 503 g/mol. The van der Waals surface area contributed by atoms with Gasteiger partial charge in [-0.3, -0.25) is 4.79 Å². The summed E-state index contributed by atoms with van der Waals surface area (Å²) < 4.78 is 45.3. The second-order valence-electron chi connectivity index (χ2n) is 8.88. The molecule has 1 fully saturated rings. The molecule has 2 aromatic rings. The predicted octanol–water partition coefficient (Wildman–Crippen LogP) is 5.65. The van der Waals surface area contributed by atoms with Gasteiger partial charge in [0, 0.05) is 17.3 Å². The van der Waals surface area contributed by atoms with Crippen LogP contribution in [0.15, 0.2) is 76.3 Å². The van der Waals surface area contributed by atoms with Crippen molar-refractivity contribution in [3.8, 4) is 0 Å². The minimum atomic E-state index is -4.50. The molecule has 1 amide bonds. The Bertz CT molecular complexity index is 1300. The van der Waals surface area contributed by atoms with Crippen LogP contribution in [-0.2, 0) is 20.5 Å². The van der Waals surface area contributed by atoms with Crippen molar-refractivity contribution in [3.05, 3.63) is 88.0 Å². The number of nitrogens with zero attached hydrogens (tertiary/aromatic N) is 2. The van der Waals surface area contributed by atoms with Crippen molar-refractivity contribution in [2.75, 3.05) is 6.61 Å². The van der Waals surface area contributed by atoms with Crippen molar-refractivity contribution in [1.29, 1.82) is 0 Å². The van der Waals surface area contributed by atoms with Crippen molar-refractivity contribution in [1.82, 2.24) is 10.2 Å². The number of fused-ring (bicyclic) bond motifs is 1. The fourth-order valence-electron chi connectivity index (χ4n) is 4.33. The van der Waals surface area contributed by atoms with Gasteiger partial charge in [0.25, 0.3) is 0 Å². The average Bonchev–Trinajstić information content (AvgIpc) is 3.61. The number of halogens is 3. The fourth-order valence-corrected chi connectivity index (χ4v) is 5.25. The molecule has 5 rings (SSSR count). The third-order valence-corrected chi connectivity index (χ3v) is 7.08. The molecule has 1 atom stereocenters. The third-order valence-electron chi connectivity index (χ3n) is 6.19. The number of thioether (sulfide) groups is 1. The van der Waals surface area contributed by atoms with E-state index in [1.54, 1.807) is 17.2 Å². The van der Waals surface area contributed by atoms with E-state index in [-0.39, 0.29) is 30.5 Å². The molecule has 1 N–H and O–H groups in total. The Hall–Kier alpha value is -3.53. The lowest BCUT2D eigenvalue weighted by molar-refractivity contribution is -0.139. The van der Waals surface area contributed by atoms with Gasteiger partial charge < -0.3 is 15.0 Å². The van der Waals surface area contributed by atoms with Gasteiger partial charge in [0.2, 0.25) is 5.91 Å². The largest absolute Gasteiger partial charge is 0.463 e. The van der Waals surface area contributed by atoms with Gasteiger partial charge in [0.1, 0.15) is 0 Å². The smallest absolute Gasteiger partial charge is 0.416 e. The van der Waals surface area contributed by atoms with Crippen molar-refractivity contribution >= 4 is 34.5 Å². The minimum absolute atomic E-state index is 0.0520. The SMILES string of the molecule is CCOC(=O)C1=C(c2ccccc2)N=C2SC=C(CC(=O)NC3CC3)N2C1c1ccc(C(F)(F)F)cc1. The number of benzene rings is 2. The van der Waals surface area contributed by atoms with E-state index in [1.807, 2.05) is 30.3 Å². The molecule has 0 aromatic heterocycles. The number of hydrogen-bond donors (Lipinski definition) is 1. The van der Waals surface area contributed by atoms with Gasteiger partial charge in [-0.05, 0) is 42.9 Å². The van der Waals surface area contributed by atoms with Crippen LogP contribution >= 0.6 is 11.8 Å². The number of amidine groups is 1. The van der Waals surface area contributed by atoms with Crippen molar-refractivity contribution in [2.45, 2.75) is 44.4 Å². The monoisotopic (exact) mass is 527 g/mol. The first-order valence-electron chi connectivity index (χ1n) is 11.9. The van der Waals surface area contributed by atoms with Crippen LogP contribution in [0.2, 0.25) is 0 Å². The summed E-state index contributed by atoms with van der Waals surface area (Å²) in [4.78, 5) is 32.6. The number of nitrogens with one attached hydrogen (secondary N) is 1. The Labute approximate surface area is 216 Å². The molecule has 1 saturated carbocycles. The van der Waals surface area contributed by atoms with Gasteiger partial charge in [-0.1, -0.05) is 54.2 Å². The van der Waals surface area contributed by atoms with Gasteiger partial charge in [-0.25, -0.2) is 9.79 Å². The number of aliphatic imine (C=N–C) groups is 1. The highest BCUT2D eigenvalue weighted by molar-refractivity contribution is 8.16. The summed E-state index contributed by atoms with van der Waals surface area (Å²) in [5.74, 6) is -0.773. The van der Waals surface area contributed by atoms with E-state index in [1.165, 1.54) is 23.9 Å². The van der Waals surface area contributed by atoms with Crippen LogP contribution in [-0.4, -0.2) is 34.6 Å². The Kier molecular flexibility index (Phi) is 6.85. The molecule has 3 aliphatic rings. The van der Waals surface area contributed by atoms with E-state index in [2.05, 4.69) is 5.32 Å². The van der Waals surface area contributed by atoms with Crippen molar-refractivity contribution in [3.63, 3.8) is 0 Å². The molecule has 2 aromatic carbocycles. The molecule has 0 spiro atoms. The van der Waals surface area contributed by atoms with E-state index < -0.39 is 23.8 Å². The molecule has 192 valence electrons. The second-order valence-corrected chi connectivity index (χ2v) is 9.72. The van der Waals surface area contributed by atoms with E-state index >= 15 is 0 Å². The van der Waals surface area contributed by atoms with Gasteiger partial charge in [0.15, 0.2) is 5.17 Å². The molecule has 6 nitrogen and oxygen atoms in total. The quantitative estimate of drug-likeness (QED) is 0.472. The molecule has 2 aliphatic heterocycles. The molecule has 2 heterocycles. The van der Waals surface area contributed by atoms with Crippen LogP contribution in [0, 0.1) is 0 Å². The molecule has 0 saturated heterocycles. The molecule has 37 heavy (non-hydrogen) atoms. The summed E-state index contributed by atoms with van der Waals surface area (Å²) in [6.07, 6.45) is -2.56. The van der Waals surface area contributed by atoms with Crippen LogP contribution in [0.25, 0.3) is 5.70 Å². The Morgan fingerprint density at radius 1 is 1.11 bits per heavy atom. The van der Waals surface area contributed by atoms with E-state index in [0.717, 1.165) is 25.0 Å². The first-order valence-corrected chi connectivity index (χ1v) is 12.8. The van der Waals surface area contributed by atoms with Gasteiger partial charge >= 0.3 is 12.1 Å². The highest BCUT2D eigenvalue weighted by Gasteiger charge is 2.43. The average molecular weight is 528 g/mol. The summed E-state index contributed by atoms with van der Waals surface area (Å²) >= 11 is 1.31. The van der Waals surface area contributed by atoms with Crippen molar-refractivity contribution < 1.29 is 27.5 Å². The van der Waals surface area contributed by atoms with E-state index in [9.17, 15) is 22.8 Å². The molecule has 0 bridgehead atoms. The maximum atomic E-state index is 13.4. The maximum Gasteiger partial charge on any atom is 0.416 e. The Morgan fingerprint density at radius 2 is 1.81 bits per heavy atom. The number of ether oxygens (including phenoxy) is 1. The third kappa shape index (κ3) is 5.29. The second kappa shape index (κ2) is 10.1. The summed E-state index contributed by atoms with van der Waals surface area (Å²) in [6.45, 7) is 1.80. The lowest BCUT2D eigenvalue weighted by Crippen LogP contribution is -2.38. The van der Waals surface area contributed by atoms with Crippen LogP contribution in [0.4, 0.5) is 13.2 Å². The minimum Gasteiger partial charge on any atom is -0.463 e. The zero-order valence-corrected chi connectivity index (χ0v) is 20.7. The highest BCUT2D eigenvalue weighted by atomic mass is 32.2. The van der Waals surface area contributed by atoms with E-state index in [0.29, 0.717) is 27.7 Å². The molecular formula is C27H24F3N3O3S. The number of amides is 1. The summed E-state index contributed by atoms with van der Waals surface area (Å²) in [5, 5.41) is 5.30. The maximum absolute atomic E-state index is 13.4. The standard InChI is InChI=1S/C27H24F3N3O3S/c1-2-36-25(35)22-23(16-6-4-3-5-7-16)32-26-33(20(15-37-26)14-21(34)31-19-12-13-19)24(22)17-8-10-18(11-9-17)27(28,29)30/h3-11,15,19,24H,2,12-14H2,1H3,(H,31,34). The van der Waals surface area contributed by atoms with Crippen LogP contribution in [0.1, 0.15) is 48.9 Å². The van der Waals surface area contributed by atoms with Crippen LogP contribution in [0.3, 0.4) is 0 Å². The fraction of sp³-hybridized carbons (Fsp3) is 0.296. The van der Waals surface area contributed by atoms with Gasteiger partial charge in [0.05, 0.1) is 35.9 Å². The molecule has 1 aliphatic carbocycles. The number of carbonyl (C=O) groups excluding carboxylic acids is 2. The molecule has 1 unspecified atom stereocenters. The number of hydrogen-bond acceptors (Lipinski definition) is 6. The zero-order chi connectivity index (χ0) is 26.2. The van der Waals surface area contributed by atoms with E-state index in [4.69, 9.17) is 9.73 Å². The van der Waals surface area contributed by atoms with Crippen LogP contribution < -0.4 is 5.32 Å². The summed E-state index contributed by atoms with van der Waals surface area (Å²) in [6, 6.07) is 13.2. The predicted molar refractivity (Wildman–Crippen MR) is 135 cm³/mol. The summed E-state index contributed by atoms with van der Waals surface area (Å²) in [5.41, 5.74) is 1.54. The van der Waals surface area contributed by atoms with Crippen LogP contribution in [0.5, 0.6) is 0 Å². The topological polar surface area (TPSA) is 71.0 Å². The first-order chi connectivity index (χ1) is 17.8. The number of alkyl halides is 3. The van der Waals surface area contributed by atoms with Gasteiger partial charge in [-0.2, -0.15) is 13.2 Å².